The number of thiol groups is 1. The van der Waals surface area contributed by atoms with E-state index in [1.165, 1.54) is 11.1 Å². The van der Waals surface area contributed by atoms with Crippen LogP contribution >= 0.6 is 24.0 Å². The monoisotopic (exact) mass is 279 g/mol. The van der Waals surface area contributed by atoms with Crippen molar-refractivity contribution >= 4 is 24.0 Å². The number of aromatic nitrogens is 1. The minimum absolute atomic E-state index is 0.670. The van der Waals surface area contributed by atoms with Crippen molar-refractivity contribution in [2.45, 2.75) is 26.0 Å². The highest BCUT2D eigenvalue weighted by Crippen LogP contribution is 2.19. The molecule has 96 valence electrons. The fraction of sp³-hybridized carbons (Fsp3) is 0.357. The zero-order valence-electron chi connectivity index (χ0n) is 10.6. The molecular formula is C14H17NOS2. The van der Waals surface area contributed by atoms with Crippen molar-refractivity contribution in [2.24, 2.45) is 0 Å². The number of ether oxygens (including phenoxy) is 1. The summed E-state index contributed by atoms with van der Waals surface area (Å²) < 4.78 is 5.79. The molecule has 18 heavy (non-hydrogen) atoms. The fourth-order valence-electron chi connectivity index (χ4n) is 1.75. The van der Waals surface area contributed by atoms with Gasteiger partial charge in [0.2, 0.25) is 0 Å². The molecule has 0 fully saturated rings. The first-order valence-corrected chi connectivity index (χ1v) is 7.44. The first-order chi connectivity index (χ1) is 8.69. The average Bonchev–Trinajstić information content (AvgIpc) is 2.80. The first kappa shape index (κ1) is 13.4. The topological polar surface area (TPSA) is 22.1 Å². The van der Waals surface area contributed by atoms with Gasteiger partial charge < -0.3 is 4.74 Å². The van der Waals surface area contributed by atoms with Crippen LogP contribution in [0.5, 0.6) is 5.75 Å². The maximum atomic E-state index is 5.79. The number of hydrogen-bond donors (Lipinski definition) is 1. The van der Waals surface area contributed by atoms with Crippen molar-refractivity contribution in [3.8, 4) is 5.75 Å². The largest absolute Gasteiger partial charge is 0.493 e. The third kappa shape index (κ3) is 3.50. The smallest absolute Gasteiger partial charge is 0.122 e. The Hall–Kier alpha value is -1.00. The van der Waals surface area contributed by atoms with Crippen molar-refractivity contribution in [1.29, 1.82) is 0 Å². The SMILES string of the molecule is Cc1ccc(OCCc2nc(CS)cs2)c(C)c1. The maximum Gasteiger partial charge on any atom is 0.122 e. The molecule has 0 amide bonds. The van der Waals surface area contributed by atoms with Crippen LogP contribution < -0.4 is 4.74 Å². The minimum atomic E-state index is 0.670. The summed E-state index contributed by atoms with van der Waals surface area (Å²) in [5, 5.41) is 3.17. The van der Waals surface area contributed by atoms with E-state index in [1.54, 1.807) is 11.3 Å². The summed E-state index contributed by atoms with van der Waals surface area (Å²) in [5.41, 5.74) is 3.49. The Balaban J connectivity index is 1.88. The first-order valence-electron chi connectivity index (χ1n) is 5.93. The van der Waals surface area contributed by atoms with E-state index in [-0.39, 0.29) is 0 Å². The second-order valence-electron chi connectivity index (χ2n) is 4.26. The Labute approximate surface area is 117 Å². The van der Waals surface area contributed by atoms with Gasteiger partial charge >= 0.3 is 0 Å². The summed E-state index contributed by atoms with van der Waals surface area (Å²) in [6.45, 7) is 4.83. The number of nitrogens with zero attached hydrogens (tertiary/aromatic N) is 1. The molecule has 4 heteroatoms. The van der Waals surface area contributed by atoms with Gasteiger partial charge in [-0.2, -0.15) is 12.6 Å². The minimum Gasteiger partial charge on any atom is -0.493 e. The number of benzene rings is 1. The van der Waals surface area contributed by atoms with Gasteiger partial charge in [0, 0.05) is 17.6 Å². The van der Waals surface area contributed by atoms with E-state index in [9.17, 15) is 0 Å². The molecule has 0 bridgehead atoms. The molecule has 0 aliphatic carbocycles. The lowest BCUT2D eigenvalue weighted by atomic mass is 10.1. The molecule has 2 aromatic rings. The van der Waals surface area contributed by atoms with Crippen LogP contribution in [0.3, 0.4) is 0 Å². The average molecular weight is 279 g/mol. The van der Waals surface area contributed by atoms with E-state index in [0.29, 0.717) is 12.4 Å². The molecule has 0 aliphatic heterocycles. The van der Waals surface area contributed by atoms with Crippen LogP contribution in [0.4, 0.5) is 0 Å². The Kier molecular flexibility index (Phi) is 4.66. The van der Waals surface area contributed by atoms with E-state index in [4.69, 9.17) is 4.74 Å². The summed E-state index contributed by atoms with van der Waals surface area (Å²) in [6.07, 6.45) is 0.853. The summed E-state index contributed by atoms with van der Waals surface area (Å²) >= 11 is 5.88. The number of thiazole rings is 1. The van der Waals surface area contributed by atoms with Crippen LogP contribution in [0.15, 0.2) is 23.6 Å². The predicted octanol–water partition coefficient (Wildman–Crippen LogP) is 3.81. The van der Waals surface area contributed by atoms with Gasteiger partial charge in [-0.3, -0.25) is 0 Å². The van der Waals surface area contributed by atoms with Crippen molar-refractivity contribution < 1.29 is 4.74 Å². The quantitative estimate of drug-likeness (QED) is 0.841. The number of hydrogen-bond acceptors (Lipinski definition) is 4. The van der Waals surface area contributed by atoms with E-state index in [2.05, 4.69) is 49.0 Å². The van der Waals surface area contributed by atoms with Gasteiger partial charge in [0.1, 0.15) is 5.75 Å². The lowest BCUT2D eigenvalue weighted by Crippen LogP contribution is -2.02. The zero-order valence-corrected chi connectivity index (χ0v) is 12.4. The van der Waals surface area contributed by atoms with Gasteiger partial charge in [-0.25, -0.2) is 4.98 Å². The highest BCUT2D eigenvalue weighted by Gasteiger charge is 2.03. The van der Waals surface area contributed by atoms with Gasteiger partial charge in [0.25, 0.3) is 0 Å². The molecule has 0 radical (unpaired) electrons. The lowest BCUT2D eigenvalue weighted by Gasteiger charge is -2.08. The van der Waals surface area contributed by atoms with Gasteiger partial charge in [-0.15, -0.1) is 11.3 Å². The Morgan fingerprint density at radius 1 is 1.33 bits per heavy atom. The molecule has 2 nitrogen and oxygen atoms in total. The van der Waals surface area contributed by atoms with Gasteiger partial charge in [-0.1, -0.05) is 17.7 Å². The number of aryl methyl sites for hydroxylation is 2. The molecule has 0 spiro atoms. The molecule has 1 heterocycles. The van der Waals surface area contributed by atoms with Gasteiger partial charge in [0.05, 0.1) is 17.3 Å². The third-order valence-corrected chi connectivity index (χ3v) is 3.95. The molecule has 1 aromatic heterocycles. The molecule has 0 N–H and O–H groups in total. The van der Waals surface area contributed by atoms with Crippen molar-refractivity contribution in [1.82, 2.24) is 4.98 Å². The highest BCUT2D eigenvalue weighted by atomic mass is 32.1. The van der Waals surface area contributed by atoms with Crippen molar-refractivity contribution in [2.75, 3.05) is 6.61 Å². The molecule has 2 rings (SSSR count). The van der Waals surface area contributed by atoms with Crippen molar-refractivity contribution in [3.63, 3.8) is 0 Å². The van der Waals surface area contributed by atoms with E-state index >= 15 is 0 Å². The molecule has 0 atom stereocenters. The molecular weight excluding hydrogens is 262 g/mol. The van der Waals surface area contributed by atoms with Crippen molar-refractivity contribution in [3.05, 3.63) is 45.4 Å². The van der Waals surface area contributed by atoms with Crippen LogP contribution in [0.1, 0.15) is 21.8 Å². The van der Waals surface area contributed by atoms with Gasteiger partial charge in [0.15, 0.2) is 0 Å². The summed E-state index contributed by atoms with van der Waals surface area (Å²) in [5.74, 6) is 1.67. The van der Waals surface area contributed by atoms with E-state index in [1.807, 2.05) is 6.07 Å². The van der Waals surface area contributed by atoms with Crippen LogP contribution in [0, 0.1) is 13.8 Å². The maximum absolute atomic E-state index is 5.79. The second kappa shape index (κ2) is 6.25. The molecule has 0 unspecified atom stereocenters. The highest BCUT2D eigenvalue weighted by molar-refractivity contribution is 7.79. The Morgan fingerprint density at radius 3 is 2.83 bits per heavy atom. The summed E-state index contributed by atoms with van der Waals surface area (Å²) in [7, 11) is 0. The summed E-state index contributed by atoms with van der Waals surface area (Å²) in [6, 6.07) is 6.24. The molecule has 1 aromatic carbocycles. The normalized spacial score (nSPS) is 10.6. The van der Waals surface area contributed by atoms with Gasteiger partial charge in [-0.05, 0) is 25.5 Å². The number of rotatable bonds is 5. The lowest BCUT2D eigenvalue weighted by molar-refractivity contribution is 0.319. The van der Waals surface area contributed by atoms with Crippen LogP contribution in [0.2, 0.25) is 0 Å². The van der Waals surface area contributed by atoms with Crippen LogP contribution in [-0.2, 0) is 12.2 Å². The third-order valence-electron chi connectivity index (χ3n) is 2.67. The zero-order chi connectivity index (χ0) is 13.0. The van der Waals surface area contributed by atoms with Crippen LogP contribution in [0.25, 0.3) is 0 Å². The summed E-state index contributed by atoms with van der Waals surface area (Å²) in [4.78, 5) is 4.46. The van der Waals surface area contributed by atoms with E-state index in [0.717, 1.165) is 22.9 Å². The second-order valence-corrected chi connectivity index (χ2v) is 5.52. The van der Waals surface area contributed by atoms with Crippen LogP contribution in [-0.4, -0.2) is 11.6 Å². The predicted molar refractivity (Wildman–Crippen MR) is 79.9 cm³/mol. The van der Waals surface area contributed by atoms with E-state index < -0.39 is 0 Å². The fourth-order valence-corrected chi connectivity index (χ4v) is 2.81. The Bertz CT molecular complexity index is 522. The Morgan fingerprint density at radius 2 is 2.17 bits per heavy atom. The standard InChI is InChI=1S/C14H17NOS2/c1-10-3-4-13(11(2)7-10)16-6-5-14-15-12(8-17)9-18-14/h3-4,7,9,17H,5-6,8H2,1-2H3. The molecule has 0 saturated carbocycles. The molecule has 0 saturated heterocycles. The molecule has 0 aliphatic rings.